The van der Waals surface area contributed by atoms with Gasteiger partial charge in [-0.25, -0.2) is 4.39 Å². The molecule has 1 aliphatic carbocycles. The molecule has 1 fully saturated rings. The van der Waals surface area contributed by atoms with E-state index in [1.165, 1.54) is 25.0 Å². The Balaban J connectivity index is 2.27. The van der Waals surface area contributed by atoms with Crippen molar-refractivity contribution >= 4 is 11.6 Å². The van der Waals surface area contributed by atoms with Crippen molar-refractivity contribution in [1.29, 1.82) is 0 Å². The summed E-state index contributed by atoms with van der Waals surface area (Å²) in [4.78, 5) is 0. The van der Waals surface area contributed by atoms with Gasteiger partial charge in [0, 0.05) is 17.0 Å². The van der Waals surface area contributed by atoms with E-state index in [1.807, 2.05) is 6.07 Å². The number of hydrogen-bond donors (Lipinski definition) is 1. The topological polar surface area (TPSA) is 12.0 Å². The summed E-state index contributed by atoms with van der Waals surface area (Å²) in [6, 6.07) is 4.87. The van der Waals surface area contributed by atoms with Crippen molar-refractivity contribution in [3.05, 3.63) is 34.6 Å². The number of halogens is 2. The Kier molecular flexibility index (Phi) is 5.09. The van der Waals surface area contributed by atoms with Gasteiger partial charge >= 0.3 is 0 Å². The molecule has 1 aromatic rings. The zero-order chi connectivity index (χ0) is 14.8. The summed E-state index contributed by atoms with van der Waals surface area (Å²) in [5, 5.41) is 4.16. The molecule has 0 heterocycles. The maximum atomic E-state index is 13.3. The highest BCUT2D eigenvalue weighted by Gasteiger charge is 2.42. The van der Waals surface area contributed by atoms with Gasteiger partial charge in [-0.1, -0.05) is 44.9 Å². The highest BCUT2D eigenvalue weighted by Crippen LogP contribution is 2.47. The number of rotatable bonds is 5. The first-order valence-corrected chi connectivity index (χ1v) is 8.00. The van der Waals surface area contributed by atoms with Gasteiger partial charge in [-0.15, -0.1) is 0 Å². The fourth-order valence-electron chi connectivity index (χ4n) is 3.48. The van der Waals surface area contributed by atoms with Crippen molar-refractivity contribution in [3.8, 4) is 0 Å². The molecule has 2 atom stereocenters. The van der Waals surface area contributed by atoms with Crippen LogP contribution in [0.25, 0.3) is 0 Å². The average molecular weight is 298 g/mol. The molecular formula is C17H25ClFN. The van der Waals surface area contributed by atoms with E-state index >= 15 is 0 Å². The van der Waals surface area contributed by atoms with Crippen molar-refractivity contribution in [3.63, 3.8) is 0 Å². The third kappa shape index (κ3) is 3.17. The zero-order valence-corrected chi connectivity index (χ0v) is 13.4. The first-order chi connectivity index (χ1) is 9.45. The molecule has 1 aromatic carbocycles. The van der Waals surface area contributed by atoms with Crippen molar-refractivity contribution in [1.82, 2.24) is 5.32 Å². The molecule has 1 N–H and O–H groups in total. The Morgan fingerprint density at radius 2 is 2.20 bits per heavy atom. The molecule has 2 rings (SSSR count). The molecule has 0 bridgehead atoms. The average Bonchev–Trinajstić information content (AvgIpc) is 2.71. The van der Waals surface area contributed by atoms with E-state index in [9.17, 15) is 4.39 Å². The largest absolute Gasteiger partial charge is 0.316 e. The van der Waals surface area contributed by atoms with Gasteiger partial charge in [0.05, 0.1) is 0 Å². The molecule has 1 aliphatic rings. The highest BCUT2D eigenvalue weighted by molar-refractivity contribution is 6.31. The van der Waals surface area contributed by atoms with E-state index in [0.29, 0.717) is 16.9 Å². The molecule has 1 nitrogen and oxygen atoms in total. The summed E-state index contributed by atoms with van der Waals surface area (Å²) < 4.78 is 13.3. The SMILES string of the molecule is CC(C)CNCC1(c2ccc(F)cc2Cl)CCCC1C. The molecule has 0 aromatic heterocycles. The van der Waals surface area contributed by atoms with Gasteiger partial charge in [0.25, 0.3) is 0 Å². The summed E-state index contributed by atoms with van der Waals surface area (Å²) in [7, 11) is 0. The molecule has 0 amide bonds. The summed E-state index contributed by atoms with van der Waals surface area (Å²) in [6.45, 7) is 8.65. The van der Waals surface area contributed by atoms with Gasteiger partial charge in [-0.3, -0.25) is 0 Å². The zero-order valence-electron chi connectivity index (χ0n) is 12.7. The minimum Gasteiger partial charge on any atom is -0.316 e. The maximum absolute atomic E-state index is 13.3. The second-order valence-electron chi connectivity index (χ2n) is 6.60. The lowest BCUT2D eigenvalue weighted by Crippen LogP contribution is -2.41. The van der Waals surface area contributed by atoms with Crippen LogP contribution < -0.4 is 5.32 Å². The van der Waals surface area contributed by atoms with Crippen LogP contribution in [0.15, 0.2) is 18.2 Å². The van der Waals surface area contributed by atoms with Crippen molar-refractivity contribution in [2.45, 2.75) is 45.4 Å². The molecule has 112 valence electrons. The number of hydrogen-bond acceptors (Lipinski definition) is 1. The van der Waals surface area contributed by atoms with Gasteiger partial charge in [0.15, 0.2) is 0 Å². The van der Waals surface area contributed by atoms with E-state index in [1.54, 1.807) is 0 Å². The lowest BCUT2D eigenvalue weighted by atomic mass is 9.72. The normalized spacial score (nSPS) is 26.4. The van der Waals surface area contributed by atoms with Crippen LogP contribution in [0.2, 0.25) is 5.02 Å². The smallest absolute Gasteiger partial charge is 0.124 e. The third-order valence-corrected chi connectivity index (χ3v) is 4.98. The van der Waals surface area contributed by atoms with Gasteiger partial charge in [-0.2, -0.15) is 0 Å². The van der Waals surface area contributed by atoms with Crippen LogP contribution in [0.5, 0.6) is 0 Å². The summed E-state index contributed by atoms with van der Waals surface area (Å²) in [6.07, 6.45) is 3.57. The lowest BCUT2D eigenvalue weighted by Gasteiger charge is -2.36. The Morgan fingerprint density at radius 3 is 2.75 bits per heavy atom. The lowest BCUT2D eigenvalue weighted by molar-refractivity contribution is 0.311. The number of benzene rings is 1. The maximum Gasteiger partial charge on any atom is 0.124 e. The Bertz CT molecular complexity index is 460. The fraction of sp³-hybridized carbons (Fsp3) is 0.647. The summed E-state index contributed by atoms with van der Waals surface area (Å²) in [5.41, 5.74) is 1.17. The first kappa shape index (κ1) is 15.8. The summed E-state index contributed by atoms with van der Waals surface area (Å²) >= 11 is 6.34. The minimum atomic E-state index is -0.255. The molecule has 20 heavy (non-hydrogen) atoms. The summed E-state index contributed by atoms with van der Waals surface area (Å²) in [5.74, 6) is 0.951. The van der Waals surface area contributed by atoms with Gasteiger partial charge < -0.3 is 5.32 Å². The Hall–Kier alpha value is -0.600. The van der Waals surface area contributed by atoms with Gasteiger partial charge in [0.1, 0.15) is 5.82 Å². The molecule has 0 saturated heterocycles. The second kappa shape index (κ2) is 6.44. The Morgan fingerprint density at radius 1 is 1.45 bits per heavy atom. The molecular weight excluding hydrogens is 273 g/mol. The Labute approximate surface area is 126 Å². The van der Waals surface area contributed by atoms with Crippen LogP contribution in [-0.4, -0.2) is 13.1 Å². The predicted octanol–water partition coefficient (Wildman–Crippen LogP) is 4.78. The molecule has 3 heteroatoms. The van der Waals surface area contributed by atoms with Crippen LogP contribution in [0, 0.1) is 17.7 Å². The monoisotopic (exact) mass is 297 g/mol. The molecule has 1 saturated carbocycles. The molecule has 0 radical (unpaired) electrons. The van der Waals surface area contributed by atoms with Crippen molar-refractivity contribution in [2.75, 3.05) is 13.1 Å². The van der Waals surface area contributed by atoms with Gasteiger partial charge in [0.2, 0.25) is 0 Å². The fourth-order valence-corrected chi connectivity index (χ4v) is 3.84. The first-order valence-electron chi connectivity index (χ1n) is 7.62. The number of nitrogens with one attached hydrogen (secondary N) is 1. The third-order valence-electron chi connectivity index (χ3n) is 4.66. The van der Waals surface area contributed by atoms with Crippen LogP contribution in [0.1, 0.15) is 45.6 Å². The standard InChI is InChI=1S/C17H25ClFN/c1-12(2)10-20-11-17(8-4-5-13(17)3)15-7-6-14(19)9-16(15)18/h6-7,9,12-13,20H,4-5,8,10-11H2,1-3H3. The predicted molar refractivity (Wildman–Crippen MR) is 83.8 cm³/mol. The van der Waals surface area contributed by atoms with E-state index in [-0.39, 0.29) is 11.2 Å². The van der Waals surface area contributed by atoms with E-state index in [0.717, 1.165) is 25.1 Å². The van der Waals surface area contributed by atoms with Crippen molar-refractivity contribution in [2.24, 2.45) is 11.8 Å². The van der Waals surface area contributed by atoms with E-state index in [4.69, 9.17) is 11.6 Å². The molecule has 0 aliphatic heterocycles. The van der Waals surface area contributed by atoms with E-state index < -0.39 is 0 Å². The van der Waals surface area contributed by atoms with E-state index in [2.05, 4.69) is 26.1 Å². The quantitative estimate of drug-likeness (QED) is 0.824. The van der Waals surface area contributed by atoms with Crippen LogP contribution >= 0.6 is 11.6 Å². The second-order valence-corrected chi connectivity index (χ2v) is 7.01. The molecule has 2 unspecified atom stereocenters. The van der Waals surface area contributed by atoms with Gasteiger partial charge in [-0.05, 0) is 48.9 Å². The van der Waals surface area contributed by atoms with Crippen molar-refractivity contribution < 1.29 is 4.39 Å². The van der Waals surface area contributed by atoms with Crippen LogP contribution in [0.3, 0.4) is 0 Å². The van der Waals surface area contributed by atoms with Crippen LogP contribution in [-0.2, 0) is 5.41 Å². The minimum absolute atomic E-state index is 0.0552. The molecule has 0 spiro atoms. The van der Waals surface area contributed by atoms with Crippen LogP contribution in [0.4, 0.5) is 4.39 Å². The highest BCUT2D eigenvalue weighted by atomic mass is 35.5.